The van der Waals surface area contributed by atoms with Crippen molar-refractivity contribution in [3.05, 3.63) is 67.3 Å². The molecule has 9 rings (SSSR count). The number of primary amides is 1. The molecular weight excluding hydrogens is 1220 g/mol. The van der Waals surface area contributed by atoms with E-state index < -0.39 is 138 Å². The summed E-state index contributed by atoms with van der Waals surface area (Å²) in [7, 11) is -7.06. The van der Waals surface area contributed by atoms with Gasteiger partial charge >= 0.3 is 34.3 Å². The van der Waals surface area contributed by atoms with Gasteiger partial charge in [-0.05, 0) is 36.5 Å². The summed E-state index contributed by atoms with van der Waals surface area (Å²) in [6.45, 7) is 1.34. The number of amides is 9. The molecule has 0 bridgehead atoms. The number of hydrogen-bond acceptors (Lipinski definition) is 25. The number of nitrogen functional groups attached to an aromatic ring is 1. The predicted octanol–water partition coefficient (Wildman–Crippen LogP) is 1.22. The van der Waals surface area contributed by atoms with Crippen LogP contribution in [0.25, 0.3) is 22.3 Å². The minimum absolute atomic E-state index is 0.0240. The van der Waals surface area contributed by atoms with Gasteiger partial charge in [0.25, 0.3) is 11.8 Å². The molecule has 2 unspecified atom stereocenters. The molecule has 0 saturated carbocycles. The van der Waals surface area contributed by atoms with E-state index >= 15 is 4.39 Å². The van der Waals surface area contributed by atoms with Crippen molar-refractivity contribution in [2.24, 2.45) is 11.7 Å². The van der Waals surface area contributed by atoms with Gasteiger partial charge in [-0.2, -0.15) is 0 Å². The summed E-state index contributed by atoms with van der Waals surface area (Å²) in [6.07, 6.45) is -4.92. The van der Waals surface area contributed by atoms with Crippen LogP contribution in [0.5, 0.6) is 0 Å². The highest BCUT2D eigenvalue weighted by atomic mass is 31.2. The lowest BCUT2D eigenvalue weighted by Gasteiger charge is -2.25. The van der Waals surface area contributed by atoms with Gasteiger partial charge in [-0.3, -0.25) is 56.9 Å². The first-order valence-electron chi connectivity index (χ1n) is 27.4. The summed E-state index contributed by atoms with van der Waals surface area (Å²) in [6, 6.07) is 3.17. The lowest BCUT2D eigenvalue weighted by molar-refractivity contribution is -0.137. The van der Waals surface area contributed by atoms with Crippen molar-refractivity contribution in [2.75, 3.05) is 62.9 Å². The van der Waals surface area contributed by atoms with E-state index in [1.54, 1.807) is 26.0 Å². The topological polar surface area (TPSA) is 471 Å². The maximum Gasteiger partial charge on any atom is 0.472 e. The van der Waals surface area contributed by atoms with E-state index in [0.29, 0.717) is 11.3 Å². The van der Waals surface area contributed by atoms with Crippen molar-refractivity contribution in [1.82, 2.24) is 64.8 Å². The average molecular weight is 1290 g/mol. The number of nitrogens with zero attached hydrogens (tertiary/aromatic N) is 10. The normalized spacial score (nSPS) is 24.2. The Morgan fingerprint density at radius 1 is 0.888 bits per heavy atom. The Balaban J connectivity index is 0.722. The van der Waals surface area contributed by atoms with Crippen LogP contribution in [-0.4, -0.2) is 191 Å². The monoisotopic (exact) mass is 1290 g/mol. The minimum Gasteiger partial charge on any atom is -0.447 e. The number of hydrogen-bond donors (Lipinski definition) is 8. The van der Waals surface area contributed by atoms with Gasteiger partial charge in [0.15, 0.2) is 40.8 Å². The third-order valence-electron chi connectivity index (χ3n) is 14.2. The van der Waals surface area contributed by atoms with Crippen LogP contribution < -0.4 is 38.1 Å². The second-order valence-electron chi connectivity index (χ2n) is 20.7. The van der Waals surface area contributed by atoms with Gasteiger partial charge in [0.1, 0.15) is 74.1 Å². The molecule has 10 N–H and O–H groups in total. The van der Waals surface area contributed by atoms with Crippen LogP contribution in [0.4, 0.5) is 36.1 Å². The molecule has 36 nitrogen and oxygen atoms in total. The van der Waals surface area contributed by atoms with Crippen molar-refractivity contribution >= 4 is 103 Å². The number of likely N-dealkylation sites (N-methyl/N-ethyl adjacent to an activating group) is 1. The van der Waals surface area contributed by atoms with Crippen molar-refractivity contribution in [3.63, 3.8) is 0 Å². The summed E-state index contributed by atoms with van der Waals surface area (Å²) < 4.78 is 89.9. The molecular formula is C50H62FN17O19P2. The standard InChI is InChI=1S/C50H62FN17O19P2/c1-25(2)37(63-32(69)12-14-66-33(70)10-11-34(66)71)46(73)62-28(5-4-13-54-48(53)74)45(72)61-27-8-6-26(7-9-27)18-81-50(76)65(3)15-16-80-49(75)64-42-39-44(58-22-56-42)67(23-60-39)35-17-29-30(84-35)19-82-88(77)86-40-31(20-83-89(78,79)87-29)85-47(36(40)51)68-24-59-38-41(52)55-21-57-43(38)68/h6-11,21-25,28-31,35-37,40,47,88H,4-5,12-20H2,1-3H3,(H,61,72)(H,62,73)(H,63,69)(H,78,79)(H2,52,55,57)(H3,53,54,74)(H,56,58,64,75)/t28-,29-,30+,31+,35+,36+,37-,40+,47+/m0/s1. The van der Waals surface area contributed by atoms with Gasteiger partial charge < -0.3 is 70.5 Å². The molecule has 9 amide bonds. The highest BCUT2D eigenvalue weighted by Gasteiger charge is 2.51. The molecule has 39 heteroatoms. The van der Waals surface area contributed by atoms with Crippen LogP contribution in [0, 0.1) is 5.92 Å². The lowest BCUT2D eigenvalue weighted by atomic mass is 10.0. The van der Waals surface area contributed by atoms with Crippen molar-refractivity contribution in [3.8, 4) is 0 Å². The molecule has 1 aromatic carbocycles. The Labute approximate surface area is 503 Å². The molecule has 3 fully saturated rings. The third-order valence-corrected chi connectivity index (χ3v) is 16.0. The predicted molar refractivity (Wildman–Crippen MR) is 302 cm³/mol. The number of phosphoric ester groups is 1. The fourth-order valence-electron chi connectivity index (χ4n) is 9.56. The summed E-state index contributed by atoms with van der Waals surface area (Å²) in [5.41, 5.74) is 12.3. The van der Waals surface area contributed by atoms with Crippen LogP contribution in [0.2, 0.25) is 0 Å². The number of alkyl halides is 1. The Morgan fingerprint density at radius 3 is 2.33 bits per heavy atom. The summed E-state index contributed by atoms with van der Waals surface area (Å²) >= 11 is 0. The van der Waals surface area contributed by atoms with E-state index in [1.165, 1.54) is 41.0 Å². The zero-order valence-electron chi connectivity index (χ0n) is 47.6. The summed E-state index contributed by atoms with van der Waals surface area (Å²) in [4.78, 5) is 139. The number of carbonyl (C=O) groups excluding carboxylic acids is 8. The number of nitrogens with one attached hydrogen (secondary N) is 5. The van der Waals surface area contributed by atoms with Gasteiger partial charge in [0.2, 0.25) is 17.7 Å². The van der Waals surface area contributed by atoms with Crippen LogP contribution >= 0.6 is 16.1 Å². The maximum absolute atomic E-state index is 16.1. The molecule has 5 aromatic rings. The first kappa shape index (κ1) is 64.8. The zero-order valence-corrected chi connectivity index (χ0v) is 49.5. The first-order chi connectivity index (χ1) is 42.5. The quantitative estimate of drug-likeness (QED) is 0.0291. The number of phosphoric acid groups is 1. The number of halogens is 1. The van der Waals surface area contributed by atoms with Crippen LogP contribution in [0.1, 0.15) is 57.6 Å². The Kier molecular flexibility index (Phi) is 20.9. The number of imidazole rings is 2. The molecule has 4 aliphatic rings. The fraction of sp³-hybridized carbons (Fsp3) is 0.480. The van der Waals surface area contributed by atoms with Crippen LogP contribution in [0.15, 0.2) is 61.7 Å². The van der Waals surface area contributed by atoms with E-state index in [0.717, 1.165) is 34.6 Å². The van der Waals surface area contributed by atoms with E-state index in [-0.39, 0.29) is 92.5 Å². The first-order valence-corrected chi connectivity index (χ1v) is 30.2. The second-order valence-corrected chi connectivity index (χ2v) is 23.1. The summed E-state index contributed by atoms with van der Waals surface area (Å²) in [5, 5.41) is 12.9. The van der Waals surface area contributed by atoms with Crippen molar-refractivity contribution in [1.29, 1.82) is 0 Å². The number of aromatic nitrogens is 8. The van der Waals surface area contributed by atoms with Gasteiger partial charge in [-0.25, -0.2) is 53.2 Å². The minimum atomic E-state index is -4.96. The molecule has 0 radical (unpaired) electrons. The number of nitrogens with two attached hydrogens (primary N) is 2. The average Bonchev–Trinajstić information content (AvgIpc) is 1.85. The van der Waals surface area contributed by atoms with E-state index in [1.807, 2.05) is 0 Å². The van der Waals surface area contributed by atoms with Gasteiger partial charge in [0.05, 0.1) is 32.4 Å². The molecule has 4 aliphatic heterocycles. The largest absolute Gasteiger partial charge is 0.472 e. The molecule has 11 atom stereocenters. The molecule has 0 spiro atoms. The highest BCUT2D eigenvalue weighted by Crippen LogP contribution is 2.51. The maximum atomic E-state index is 16.1. The van der Waals surface area contributed by atoms with Gasteiger partial charge in [-0.1, -0.05) is 26.0 Å². The van der Waals surface area contributed by atoms with E-state index in [2.05, 4.69) is 56.5 Å². The Bertz CT molecular complexity index is 3560. The number of urea groups is 1. The summed E-state index contributed by atoms with van der Waals surface area (Å²) in [5.74, 6) is -3.56. The highest BCUT2D eigenvalue weighted by molar-refractivity contribution is 7.47. The van der Waals surface area contributed by atoms with Crippen LogP contribution in [0.3, 0.4) is 0 Å². The number of ether oxygens (including phenoxy) is 4. The van der Waals surface area contributed by atoms with Gasteiger partial charge in [0, 0.05) is 50.8 Å². The SMILES string of the molecule is CC(C)[C@H](NC(=O)CCN1C(=O)C=CC1=O)C(=O)N[C@@H](CCCNC(N)=O)C(=O)Nc1ccc(COC(=O)N(C)CCOC(=O)Nc2ncnc3c2ncn3[C@H]2C[C@@H]3OP(=O)(O)OC[C@H]4O[C@@H](n5cnc6c(N)ncnc65)[C@H](F)[C@@H]4O[PH](=O)OC[C@H]3O2)cc1. The second kappa shape index (κ2) is 28.7. The lowest BCUT2D eigenvalue weighted by Crippen LogP contribution is -2.54. The van der Waals surface area contributed by atoms with Crippen LogP contribution in [-0.2, 0) is 76.8 Å². The zero-order chi connectivity index (χ0) is 63.7. The molecule has 8 heterocycles. The number of benzene rings is 1. The van der Waals surface area contributed by atoms with E-state index in [4.69, 9.17) is 48.5 Å². The smallest absolute Gasteiger partial charge is 0.447 e. The third kappa shape index (κ3) is 16.2. The number of anilines is 3. The molecule has 3 saturated heterocycles. The fourth-order valence-corrected chi connectivity index (χ4v) is 11.4. The van der Waals surface area contributed by atoms with Gasteiger partial charge in [-0.15, -0.1) is 0 Å². The Hall–Kier alpha value is -8.67. The molecule has 89 heavy (non-hydrogen) atoms. The van der Waals surface area contributed by atoms with Crippen molar-refractivity contribution < 1.29 is 93.8 Å². The molecule has 4 aromatic heterocycles. The number of imide groups is 1. The molecule has 478 valence electrons. The molecule has 0 aliphatic carbocycles. The number of fused-ring (bicyclic) bond motifs is 4. The van der Waals surface area contributed by atoms with E-state index in [9.17, 15) is 52.4 Å². The number of rotatable bonds is 21. The number of carbonyl (C=O) groups is 8. The Morgan fingerprint density at radius 2 is 1.60 bits per heavy atom. The van der Waals surface area contributed by atoms with Crippen molar-refractivity contribution in [2.45, 2.75) is 101 Å².